The van der Waals surface area contributed by atoms with Crippen LogP contribution in [0, 0.1) is 6.92 Å². The highest BCUT2D eigenvalue weighted by Crippen LogP contribution is 2.17. The Bertz CT molecular complexity index is 1260. The van der Waals surface area contributed by atoms with Crippen LogP contribution in [0.2, 0.25) is 0 Å². The minimum Gasteiger partial charge on any atom is -0.348 e. The summed E-state index contributed by atoms with van der Waals surface area (Å²) in [6.45, 7) is 4.03. The molecule has 0 aliphatic carbocycles. The predicted octanol–water partition coefficient (Wildman–Crippen LogP) is 4.54. The molecular formula is C26H26N4O2. The number of amides is 2. The van der Waals surface area contributed by atoms with Crippen molar-refractivity contribution in [2.75, 3.05) is 5.32 Å². The van der Waals surface area contributed by atoms with Gasteiger partial charge < -0.3 is 15.6 Å². The lowest BCUT2D eigenvalue weighted by Gasteiger charge is -2.08. The number of H-pyrrole nitrogens is 1. The second-order valence-electron chi connectivity index (χ2n) is 7.90. The predicted molar refractivity (Wildman–Crippen MR) is 127 cm³/mol. The largest absolute Gasteiger partial charge is 0.348 e. The number of nitrogens with one attached hydrogen (secondary N) is 3. The summed E-state index contributed by atoms with van der Waals surface area (Å²) in [4.78, 5) is 31.7. The number of aromatic nitrogens is 2. The Hall–Kier alpha value is -3.93. The van der Waals surface area contributed by atoms with E-state index in [4.69, 9.17) is 0 Å². The number of nitrogens with zero attached hydrogens (tertiary/aromatic N) is 1. The topological polar surface area (TPSA) is 86.9 Å². The van der Waals surface area contributed by atoms with Gasteiger partial charge >= 0.3 is 0 Å². The van der Waals surface area contributed by atoms with Gasteiger partial charge in [-0.1, -0.05) is 36.4 Å². The first-order valence-corrected chi connectivity index (χ1v) is 10.7. The molecule has 0 saturated heterocycles. The van der Waals surface area contributed by atoms with E-state index in [9.17, 15) is 9.59 Å². The molecule has 0 fully saturated rings. The number of fused-ring (bicyclic) bond motifs is 1. The average Bonchev–Trinajstić information content (AvgIpc) is 3.19. The fraction of sp³-hybridized carbons (Fsp3) is 0.192. The maximum atomic E-state index is 12.6. The van der Waals surface area contributed by atoms with Gasteiger partial charge in [-0.3, -0.25) is 9.59 Å². The number of anilines is 1. The van der Waals surface area contributed by atoms with Crippen molar-refractivity contribution in [1.82, 2.24) is 15.3 Å². The van der Waals surface area contributed by atoms with Crippen LogP contribution in [0.15, 0.2) is 66.7 Å². The van der Waals surface area contributed by atoms with Crippen LogP contribution in [0.4, 0.5) is 5.69 Å². The fourth-order valence-electron chi connectivity index (χ4n) is 3.63. The SMILES string of the molecule is CC(=O)Nc1ccc(CCc2nc3ccc(C(=O)NCc4ccccc4C)cc3[nH]2)cc1. The minimum absolute atomic E-state index is 0.0803. The molecule has 2 amide bonds. The number of aryl methyl sites for hydroxylation is 3. The van der Waals surface area contributed by atoms with Crippen molar-refractivity contribution < 1.29 is 9.59 Å². The van der Waals surface area contributed by atoms with E-state index in [0.717, 1.165) is 52.1 Å². The second kappa shape index (κ2) is 9.47. The zero-order valence-corrected chi connectivity index (χ0v) is 18.2. The summed E-state index contributed by atoms with van der Waals surface area (Å²) in [6, 6.07) is 21.4. The third-order valence-electron chi connectivity index (χ3n) is 5.42. The molecule has 4 rings (SSSR count). The Morgan fingerprint density at radius 3 is 2.50 bits per heavy atom. The number of benzene rings is 3. The average molecular weight is 427 g/mol. The smallest absolute Gasteiger partial charge is 0.251 e. The van der Waals surface area contributed by atoms with Gasteiger partial charge in [0.1, 0.15) is 5.82 Å². The molecule has 0 aliphatic rings. The quantitative estimate of drug-likeness (QED) is 0.405. The highest BCUT2D eigenvalue weighted by atomic mass is 16.2. The van der Waals surface area contributed by atoms with Crippen molar-refractivity contribution in [2.45, 2.75) is 33.2 Å². The lowest BCUT2D eigenvalue weighted by atomic mass is 10.1. The van der Waals surface area contributed by atoms with E-state index < -0.39 is 0 Å². The first-order chi connectivity index (χ1) is 15.5. The molecule has 0 spiro atoms. The van der Waals surface area contributed by atoms with Gasteiger partial charge in [-0.15, -0.1) is 0 Å². The monoisotopic (exact) mass is 426 g/mol. The summed E-state index contributed by atoms with van der Waals surface area (Å²) < 4.78 is 0. The van der Waals surface area contributed by atoms with Crippen molar-refractivity contribution in [3.8, 4) is 0 Å². The summed E-state index contributed by atoms with van der Waals surface area (Å²) >= 11 is 0. The van der Waals surface area contributed by atoms with Gasteiger partial charge in [-0.25, -0.2) is 4.98 Å². The molecule has 4 aromatic rings. The molecule has 0 saturated carbocycles. The summed E-state index contributed by atoms with van der Waals surface area (Å²) in [5.74, 6) is 0.692. The van der Waals surface area contributed by atoms with Gasteiger partial charge in [0.15, 0.2) is 0 Å². The summed E-state index contributed by atoms with van der Waals surface area (Å²) in [6.07, 6.45) is 1.58. The zero-order valence-electron chi connectivity index (χ0n) is 18.2. The molecule has 1 aromatic heterocycles. The van der Waals surface area contributed by atoms with E-state index in [1.807, 2.05) is 67.6 Å². The van der Waals surface area contributed by atoms with E-state index in [-0.39, 0.29) is 11.8 Å². The van der Waals surface area contributed by atoms with Gasteiger partial charge in [0.05, 0.1) is 11.0 Å². The van der Waals surface area contributed by atoms with Crippen LogP contribution in [-0.2, 0) is 24.2 Å². The van der Waals surface area contributed by atoms with Crippen molar-refractivity contribution >= 4 is 28.5 Å². The van der Waals surface area contributed by atoms with Gasteiger partial charge in [0, 0.05) is 31.1 Å². The number of hydrogen-bond acceptors (Lipinski definition) is 3. The number of aromatic amines is 1. The summed E-state index contributed by atoms with van der Waals surface area (Å²) in [5, 5.41) is 5.76. The number of carbonyl (C=O) groups is 2. The van der Waals surface area contributed by atoms with Gasteiger partial charge in [-0.2, -0.15) is 0 Å². The van der Waals surface area contributed by atoms with Crippen LogP contribution < -0.4 is 10.6 Å². The second-order valence-corrected chi connectivity index (χ2v) is 7.90. The van der Waals surface area contributed by atoms with Gasteiger partial charge in [0.2, 0.25) is 5.91 Å². The fourth-order valence-corrected chi connectivity index (χ4v) is 3.63. The Morgan fingerprint density at radius 1 is 0.969 bits per heavy atom. The molecule has 3 aromatic carbocycles. The van der Waals surface area contributed by atoms with Gasteiger partial charge in [0.25, 0.3) is 5.91 Å². The maximum Gasteiger partial charge on any atom is 0.251 e. The molecule has 0 bridgehead atoms. The third kappa shape index (κ3) is 5.21. The van der Waals surface area contributed by atoms with Crippen LogP contribution in [0.25, 0.3) is 11.0 Å². The molecule has 0 atom stereocenters. The molecule has 32 heavy (non-hydrogen) atoms. The molecule has 0 aliphatic heterocycles. The molecule has 6 heteroatoms. The lowest BCUT2D eigenvalue weighted by Crippen LogP contribution is -2.23. The van der Waals surface area contributed by atoms with Gasteiger partial charge in [-0.05, 0) is 60.4 Å². The van der Waals surface area contributed by atoms with E-state index in [0.29, 0.717) is 12.1 Å². The molecule has 162 valence electrons. The Morgan fingerprint density at radius 2 is 1.75 bits per heavy atom. The van der Waals surface area contributed by atoms with Crippen molar-refractivity contribution in [3.63, 3.8) is 0 Å². The maximum absolute atomic E-state index is 12.6. The summed E-state index contributed by atoms with van der Waals surface area (Å²) in [5.41, 5.74) is 6.52. The Kier molecular flexibility index (Phi) is 6.31. The number of carbonyl (C=O) groups excluding carboxylic acids is 2. The first kappa shape index (κ1) is 21.3. The van der Waals surface area contributed by atoms with E-state index in [1.165, 1.54) is 6.92 Å². The number of hydrogen-bond donors (Lipinski definition) is 3. The van der Waals surface area contributed by atoms with Crippen molar-refractivity contribution in [3.05, 3.63) is 94.8 Å². The van der Waals surface area contributed by atoms with E-state index in [1.54, 1.807) is 6.07 Å². The van der Waals surface area contributed by atoms with Crippen LogP contribution >= 0.6 is 0 Å². The molecule has 0 radical (unpaired) electrons. The first-order valence-electron chi connectivity index (χ1n) is 10.7. The van der Waals surface area contributed by atoms with Crippen LogP contribution in [0.1, 0.15) is 39.8 Å². The highest BCUT2D eigenvalue weighted by molar-refractivity contribution is 5.97. The van der Waals surface area contributed by atoms with Crippen LogP contribution in [0.3, 0.4) is 0 Å². The third-order valence-corrected chi connectivity index (χ3v) is 5.42. The molecule has 1 heterocycles. The normalized spacial score (nSPS) is 10.8. The van der Waals surface area contributed by atoms with Crippen molar-refractivity contribution in [1.29, 1.82) is 0 Å². The standard InChI is InChI=1S/C26H26N4O2/c1-17-5-3-4-6-21(17)16-27-26(32)20-10-13-23-24(15-20)30-25(29-23)14-9-19-7-11-22(12-8-19)28-18(2)31/h3-8,10-13,15H,9,14,16H2,1-2H3,(H,27,32)(H,28,31)(H,29,30). The Balaban J connectivity index is 1.38. The molecule has 6 nitrogen and oxygen atoms in total. The lowest BCUT2D eigenvalue weighted by molar-refractivity contribution is -0.114. The highest BCUT2D eigenvalue weighted by Gasteiger charge is 2.10. The van der Waals surface area contributed by atoms with Crippen LogP contribution in [0.5, 0.6) is 0 Å². The molecule has 3 N–H and O–H groups in total. The number of imidazole rings is 1. The Labute approximate surface area is 187 Å². The van der Waals surface area contributed by atoms with Crippen molar-refractivity contribution in [2.24, 2.45) is 0 Å². The molecular weight excluding hydrogens is 400 g/mol. The zero-order chi connectivity index (χ0) is 22.5. The van der Waals surface area contributed by atoms with Crippen LogP contribution in [-0.4, -0.2) is 21.8 Å². The minimum atomic E-state index is -0.106. The number of rotatable bonds is 7. The van der Waals surface area contributed by atoms with E-state index in [2.05, 4.69) is 20.6 Å². The van der Waals surface area contributed by atoms with E-state index >= 15 is 0 Å². The molecule has 0 unspecified atom stereocenters. The summed E-state index contributed by atoms with van der Waals surface area (Å²) in [7, 11) is 0.